The van der Waals surface area contributed by atoms with Crippen LogP contribution < -0.4 is 11.1 Å². The van der Waals surface area contributed by atoms with Gasteiger partial charge in [0.15, 0.2) is 0 Å². The lowest BCUT2D eigenvalue weighted by Crippen LogP contribution is -2.42. The third kappa shape index (κ3) is 2.56. The topological polar surface area (TPSA) is 84.1 Å². The first kappa shape index (κ1) is 11.7. The molecule has 1 heterocycles. The van der Waals surface area contributed by atoms with E-state index in [-0.39, 0.29) is 0 Å². The van der Waals surface area contributed by atoms with Gasteiger partial charge in [-0.1, -0.05) is 0 Å². The monoisotopic (exact) mass is 210 g/mol. The Morgan fingerprint density at radius 2 is 2.07 bits per heavy atom. The molecule has 5 nitrogen and oxygen atoms in total. The van der Waals surface area contributed by atoms with E-state index in [0.717, 1.165) is 5.56 Å². The number of nitrogens with one attached hydrogen (secondary N) is 1. The molecule has 0 fully saturated rings. The minimum absolute atomic E-state index is 0.453. The van der Waals surface area contributed by atoms with E-state index in [2.05, 4.69) is 15.3 Å². The number of nitrogens with two attached hydrogens (primary N) is 1. The van der Waals surface area contributed by atoms with E-state index < -0.39 is 11.6 Å². The Morgan fingerprint density at radius 1 is 1.47 bits per heavy atom. The zero-order valence-corrected chi connectivity index (χ0v) is 9.57. The predicted octanol–water partition coefficient (Wildman–Crippen LogP) is 0.939. The van der Waals surface area contributed by atoms with Crippen molar-refractivity contribution >= 4 is 11.6 Å². The van der Waals surface area contributed by atoms with Gasteiger partial charge in [-0.05, 0) is 27.7 Å². The number of nitrogens with zero attached hydrogens (tertiary/aromatic N) is 2. The Kier molecular flexibility index (Phi) is 3.14. The molecule has 1 rings (SSSR count). The molecule has 0 aliphatic heterocycles. The predicted molar refractivity (Wildman–Crippen MR) is 60.6 cm³/mol. The molecule has 0 saturated carbocycles. The van der Waals surface area contributed by atoms with Gasteiger partial charge in [-0.3, -0.25) is 0 Å². The van der Waals surface area contributed by atoms with E-state index in [1.807, 2.05) is 20.8 Å². The first-order valence-corrected chi connectivity index (χ1v) is 4.88. The summed E-state index contributed by atoms with van der Waals surface area (Å²) in [5, 5.41) is 12.7. The summed E-state index contributed by atoms with van der Waals surface area (Å²) in [7, 11) is 0. The Bertz CT molecular complexity index is 349. The summed E-state index contributed by atoms with van der Waals surface area (Å²) in [5.41, 5.74) is 6.01. The molecule has 0 spiro atoms. The number of anilines is 2. The normalized spacial score (nSPS) is 13.7. The minimum Gasteiger partial charge on any atom is -0.391 e. The fourth-order valence-corrected chi connectivity index (χ4v) is 0.999. The second-order valence-electron chi connectivity index (χ2n) is 4.26. The molecular weight excluding hydrogens is 192 g/mol. The van der Waals surface area contributed by atoms with Gasteiger partial charge >= 0.3 is 0 Å². The molecule has 4 N–H and O–H groups in total. The number of hydrogen-bond donors (Lipinski definition) is 3. The molecule has 1 atom stereocenters. The summed E-state index contributed by atoms with van der Waals surface area (Å²) in [6.45, 7) is 7.37. The Morgan fingerprint density at radius 3 is 2.60 bits per heavy atom. The Hall–Kier alpha value is -1.36. The highest BCUT2D eigenvalue weighted by atomic mass is 16.3. The molecule has 0 saturated heterocycles. The number of nitrogen functional groups attached to an aromatic ring is 1. The van der Waals surface area contributed by atoms with Gasteiger partial charge < -0.3 is 16.2 Å². The van der Waals surface area contributed by atoms with Crippen LogP contribution in [0, 0.1) is 6.92 Å². The van der Waals surface area contributed by atoms with Crippen LogP contribution in [0.3, 0.4) is 0 Å². The molecule has 0 radical (unpaired) electrons. The van der Waals surface area contributed by atoms with Crippen LogP contribution in [0.4, 0.5) is 11.6 Å². The van der Waals surface area contributed by atoms with Crippen LogP contribution in [0.15, 0.2) is 6.33 Å². The number of aliphatic hydroxyl groups excluding tert-OH is 1. The van der Waals surface area contributed by atoms with Crippen LogP contribution in [-0.2, 0) is 0 Å². The van der Waals surface area contributed by atoms with Crippen molar-refractivity contribution in [1.29, 1.82) is 0 Å². The summed E-state index contributed by atoms with van der Waals surface area (Å²) >= 11 is 0. The van der Waals surface area contributed by atoms with Crippen molar-refractivity contribution in [2.24, 2.45) is 0 Å². The van der Waals surface area contributed by atoms with Gasteiger partial charge in [-0.15, -0.1) is 0 Å². The van der Waals surface area contributed by atoms with Gasteiger partial charge in [0.2, 0.25) is 0 Å². The van der Waals surface area contributed by atoms with Gasteiger partial charge in [0.05, 0.1) is 11.6 Å². The number of rotatable bonds is 3. The zero-order chi connectivity index (χ0) is 11.6. The third-order valence-electron chi connectivity index (χ3n) is 2.61. The van der Waals surface area contributed by atoms with Gasteiger partial charge in [0, 0.05) is 5.56 Å². The Labute approximate surface area is 89.7 Å². The summed E-state index contributed by atoms with van der Waals surface area (Å²) in [6, 6.07) is 0. The second kappa shape index (κ2) is 4.02. The molecule has 5 heteroatoms. The van der Waals surface area contributed by atoms with Crippen molar-refractivity contribution < 1.29 is 5.11 Å². The first-order valence-electron chi connectivity index (χ1n) is 4.88. The van der Waals surface area contributed by atoms with E-state index in [9.17, 15) is 5.11 Å². The number of aromatic nitrogens is 2. The van der Waals surface area contributed by atoms with Crippen LogP contribution >= 0.6 is 0 Å². The average Bonchev–Trinajstić information content (AvgIpc) is 2.12. The van der Waals surface area contributed by atoms with E-state index in [4.69, 9.17) is 5.73 Å². The van der Waals surface area contributed by atoms with E-state index in [1.165, 1.54) is 6.33 Å². The lowest BCUT2D eigenvalue weighted by molar-refractivity contribution is 0.133. The zero-order valence-electron chi connectivity index (χ0n) is 9.57. The van der Waals surface area contributed by atoms with Crippen LogP contribution in [-0.4, -0.2) is 26.7 Å². The lowest BCUT2D eigenvalue weighted by atomic mass is 9.98. The van der Waals surface area contributed by atoms with Crippen molar-refractivity contribution in [3.05, 3.63) is 11.9 Å². The third-order valence-corrected chi connectivity index (χ3v) is 2.61. The quantitative estimate of drug-likeness (QED) is 0.691. The highest BCUT2D eigenvalue weighted by molar-refractivity contribution is 5.54. The fraction of sp³-hybridized carbons (Fsp3) is 0.600. The second-order valence-corrected chi connectivity index (χ2v) is 4.26. The van der Waals surface area contributed by atoms with Crippen molar-refractivity contribution in [2.45, 2.75) is 39.3 Å². The molecule has 1 unspecified atom stereocenters. The van der Waals surface area contributed by atoms with E-state index >= 15 is 0 Å². The molecule has 15 heavy (non-hydrogen) atoms. The van der Waals surface area contributed by atoms with Gasteiger partial charge in [0.1, 0.15) is 18.0 Å². The lowest BCUT2D eigenvalue weighted by Gasteiger charge is -2.30. The van der Waals surface area contributed by atoms with Gasteiger partial charge in [-0.2, -0.15) is 0 Å². The molecule has 0 aliphatic rings. The van der Waals surface area contributed by atoms with Crippen molar-refractivity contribution in [3.63, 3.8) is 0 Å². The van der Waals surface area contributed by atoms with Gasteiger partial charge in [-0.25, -0.2) is 9.97 Å². The fourth-order valence-electron chi connectivity index (χ4n) is 0.999. The van der Waals surface area contributed by atoms with Crippen LogP contribution in [0.25, 0.3) is 0 Å². The number of aliphatic hydroxyl groups is 1. The molecule has 0 aromatic carbocycles. The van der Waals surface area contributed by atoms with Gasteiger partial charge in [0.25, 0.3) is 0 Å². The highest BCUT2D eigenvalue weighted by Crippen LogP contribution is 2.21. The summed E-state index contributed by atoms with van der Waals surface area (Å²) in [4.78, 5) is 7.97. The molecule has 0 bridgehead atoms. The molecule has 84 valence electrons. The molecule has 0 aliphatic carbocycles. The SMILES string of the molecule is Cc1c(N)ncnc1NC(C)(C)C(C)O. The first-order chi connectivity index (χ1) is 6.84. The largest absolute Gasteiger partial charge is 0.391 e. The van der Waals surface area contributed by atoms with Crippen LogP contribution in [0.2, 0.25) is 0 Å². The molecule has 0 amide bonds. The van der Waals surface area contributed by atoms with Crippen molar-refractivity contribution in [3.8, 4) is 0 Å². The molecular formula is C10H18N4O. The smallest absolute Gasteiger partial charge is 0.134 e. The highest BCUT2D eigenvalue weighted by Gasteiger charge is 2.25. The van der Waals surface area contributed by atoms with E-state index in [0.29, 0.717) is 11.6 Å². The maximum Gasteiger partial charge on any atom is 0.134 e. The maximum absolute atomic E-state index is 9.56. The van der Waals surface area contributed by atoms with Crippen molar-refractivity contribution in [1.82, 2.24) is 9.97 Å². The standard InChI is InChI=1S/C10H18N4O/c1-6-8(11)12-5-13-9(6)14-10(3,4)7(2)15/h5,7,15H,1-4H3,(H3,11,12,13,14). The van der Waals surface area contributed by atoms with Crippen molar-refractivity contribution in [2.75, 3.05) is 11.1 Å². The summed E-state index contributed by atoms with van der Waals surface area (Å²) in [6.07, 6.45) is 0.913. The number of hydrogen-bond acceptors (Lipinski definition) is 5. The van der Waals surface area contributed by atoms with Crippen LogP contribution in [0.1, 0.15) is 26.3 Å². The molecule has 1 aromatic rings. The maximum atomic E-state index is 9.56. The summed E-state index contributed by atoms with van der Waals surface area (Å²) in [5.74, 6) is 1.11. The van der Waals surface area contributed by atoms with Crippen LogP contribution in [0.5, 0.6) is 0 Å². The van der Waals surface area contributed by atoms with E-state index in [1.54, 1.807) is 6.92 Å². The molecule has 1 aromatic heterocycles. The summed E-state index contributed by atoms with van der Waals surface area (Å²) < 4.78 is 0. The Balaban J connectivity index is 2.95. The minimum atomic E-state index is -0.493. The average molecular weight is 210 g/mol.